The molecule has 0 N–H and O–H groups in total. The molecule has 2 aliphatic rings. The summed E-state index contributed by atoms with van der Waals surface area (Å²) in [4.78, 5) is 15.2. The van der Waals surface area contributed by atoms with Crippen molar-refractivity contribution >= 4 is 0 Å². The lowest BCUT2D eigenvalue weighted by molar-refractivity contribution is 0.550. The van der Waals surface area contributed by atoms with E-state index in [4.69, 9.17) is 15.0 Å². The molecule has 47 heavy (non-hydrogen) atoms. The smallest absolute Gasteiger partial charge is 0.164 e. The van der Waals surface area contributed by atoms with Crippen molar-refractivity contribution in [3.63, 3.8) is 0 Å². The SMILES string of the molecule is c1ccc(-c2ccc(-c3nc(-c4ccccc4)nc(-c4ccccc4-c4ccc5c(c4)C4(CCCC4)c4ccccc4-5)n3)cc2)cc1. The van der Waals surface area contributed by atoms with E-state index < -0.39 is 0 Å². The van der Waals surface area contributed by atoms with Gasteiger partial charge in [-0.3, -0.25) is 0 Å². The molecular formula is C44H33N3. The largest absolute Gasteiger partial charge is 0.208 e. The van der Waals surface area contributed by atoms with Crippen LogP contribution in [0.3, 0.4) is 0 Å². The summed E-state index contributed by atoms with van der Waals surface area (Å²) in [6.45, 7) is 0. The Balaban J connectivity index is 1.18. The van der Waals surface area contributed by atoms with Crippen LogP contribution in [0.1, 0.15) is 36.8 Å². The van der Waals surface area contributed by atoms with Gasteiger partial charge >= 0.3 is 0 Å². The topological polar surface area (TPSA) is 38.7 Å². The number of benzene rings is 6. The highest BCUT2D eigenvalue weighted by atomic mass is 15.0. The van der Waals surface area contributed by atoms with Crippen molar-refractivity contribution in [3.05, 3.63) is 163 Å². The second-order valence-corrected chi connectivity index (χ2v) is 12.8. The van der Waals surface area contributed by atoms with Gasteiger partial charge in [0.25, 0.3) is 0 Å². The van der Waals surface area contributed by atoms with Gasteiger partial charge in [0.1, 0.15) is 0 Å². The Morgan fingerprint density at radius 2 is 0.809 bits per heavy atom. The van der Waals surface area contributed by atoms with Gasteiger partial charge < -0.3 is 0 Å². The van der Waals surface area contributed by atoms with Crippen molar-refractivity contribution in [1.82, 2.24) is 15.0 Å². The number of hydrogen-bond donors (Lipinski definition) is 0. The lowest BCUT2D eigenvalue weighted by Gasteiger charge is -2.27. The van der Waals surface area contributed by atoms with E-state index in [0.29, 0.717) is 17.5 Å². The fraction of sp³-hybridized carbons (Fsp3) is 0.114. The highest BCUT2D eigenvalue weighted by Crippen LogP contribution is 2.57. The fourth-order valence-corrected chi connectivity index (χ4v) is 7.85. The summed E-state index contributed by atoms with van der Waals surface area (Å²) in [6.07, 6.45) is 4.97. The summed E-state index contributed by atoms with van der Waals surface area (Å²) in [6, 6.07) is 53.9. The van der Waals surface area contributed by atoms with Crippen LogP contribution in [0.5, 0.6) is 0 Å². The summed E-state index contributed by atoms with van der Waals surface area (Å²) < 4.78 is 0. The number of aromatic nitrogens is 3. The zero-order valence-corrected chi connectivity index (χ0v) is 26.1. The predicted molar refractivity (Wildman–Crippen MR) is 192 cm³/mol. The molecule has 1 aromatic heterocycles. The Labute approximate surface area is 275 Å². The predicted octanol–water partition coefficient (Wildman–Crippen LogP) is 11.0. The van der Waals surface area contributed by atoms with Crippen LogP contribution < -0.4 is 0 Å². The minimum absolute atomic E-state index is 0.115. The Morgan fingerprint density at radius 1 is 0.340 bits per heavy atom. The third-order valence-corrected chi connectivity index (χ3v) is 10.1. The Hall–Kier alpha value is -5.67. The molecule has 1 fully saturated rings. The highest BCUT2D eigenvalue weighted by molar-refractivity contribution is 5.87. The molecular weight excluding hydrogens is 571 g/mol. The van der Waals surface area contributed by atoms with Gasteiger partial charge in [0.15, 0.2) is 17.5 Å². The molecule has 0 aliphatic heterocycles. The van der Waals surface area contributed by atoms with Gasteiger partial charge in [-0.15, -0.1) is 0 Å². The minimum Gasteiger partial charge on any atom is -0.208 e. The molecule has 224 valence electrons. The van der Waals surface area contributed by atoms with E-state index in [1.54, 1.807) is 0 Å². The van der Waals surface area contributed by atoms with Gasteiger partial charge in [-0.05, 0) is 63.4 Å². The monoisotopic (exact) mass is 603 g/mol. The first-order valence-electron chi connectivity index (χ1n) is 16.6. The summed E-state index contributed by atoms with van der Waals surface area (Å²) >= 11 is 0. The quantitative estimate of drug-likeness (QED) is 0.196. The summed E-state index contributed by atoms with van der Waals surface area (Å²) in [5, 5.41) is 0. The molecule has 7 aromatic rings. The van der Waals surface area contributed by atoms with Gasteiger partial charge in [0.05, 0.1) is 0 Å². The minimum atomic E-state index is 0.115. The first kappa shape index (κ1) is 27.6. The molecule has 9 rings (SSSR count). The lowest BCUT2D eigenvalue weighted by Crippen LogP contribution is -2.20. The number of hydrogen-bond acceptors (Lipinski definition) is 3. The average molecular weight is 604 g/mol. The highest BCUT2D eigenvalue weighted by Gasteiger charge is 2.44. The maximum atomic E-state index is 5.14. The molecule has 1 spiro atoms. The lowest BCUT2D eigenvalue weighted by atomic mass is 9.76. The van der Waals surface area contributed by atoms with Crippen LogP contribution in [-0.2, 0) is 5.41 Å². The van der Waals surface area contributed by atoms with Crippen molar-refractivity contribution in [1.29, 1.82) is 0 Å². The van der Waals surface area contributed by atoms with Gasteiger partial charge in [-0.2, -0.15) is 0 Å². The number of nitrogens with zero attached hydrogens (tertiary/aromatic N) is 3. The van der Waals surface area contributed by atoms with Gasteiger partial charge in [0.2, 0.25) is 0 Å². The van der Waals surface area contributed by atoms with E-state index in [1.807, 2.05) is 24.3 Å². The van der Waals surface area contributed by atoms with Crippen molar-refractivity contribution in [2.75, 3.05) is 0 Å². The molecule has 1 saturated carbocycles. The summed E-state index contributed by atoms with van der Waals surface area (Å²) in [5.41, 5.74) is 13.5. The van der Waals surface area contributed by atoms with Crippen LogP contribution in [0.4, 0.5) is 0 Å². The Morgan fingerprint density at radius 3 is 1.51 bits per heavy atom. The number of rotatable bonds is 5. The molecule has 0 bridgehead atoms. The molecule has 2 aliphatic carbocycles. The second kappa shape index (κ2) is 11.3. The third-order valence-electron chi connectivity index (χ3n) is 10.1. The normalized spacial score (nSPS) is 14.2. The average Bonchev–Trinajstić information content (AvgIpc) is 3.76. The molecule has 0 saturated heterocycles. The van der Waals surface area contributed by atoms with Crippen molar-refractivity contribution in [2.45, 2.75) is 31.1 Å². The summed E-state index contributed by atoms with van der Waals surface area (Å²) in [5.74, 6) is 2.01. The molecule has 6 aromatic carbocycles. The van der Waals surface area contributed by atoms with Crippen LogP contribution >= 0.6 is 0 Å². The molecule has 1 heterocycles. The van der Waals surface area contributed by atoms with Crippen LogP contribution in [0.2, 0.25) is 0 Å². The van der Waals surface area contributed by atoms with Crippen molar-refractivity contribution < 1.29 is 0 Å². The van der Waals surface area contributed by atoms with Gasteiger partial charge in [-0.25, -0.2) is 15.0 Å². The molecule has 0 amide bonds. The second-order valence-electron chi connectivity index (χ2n) is 12.8. The van der Waals surface area contributed by atoms with Crippen LogP contribution in [0.15, 0.2) is 152 Å². The van der Waals surface area contributed by atoms with Crippen LogP contribution in [0.25, 0.3) is 67.5 Å². The van der Waals surface area contributed by atoms with E-state index in [9.17, 15) is 0 Å². The molecule has 3 heteroatoms. The zero-order chi connectivity index (χ0) is 31.2. The van der Waals surface area contributed by atoms with Crippen LogP contribution in [0, 0.1) is 0 Å². The van der Waals surface area contributed by atoms with E-state index in [2.05, 4.69) is 127 Å². The van der Waals surface area contributed by atoms with E-state index >= 15 is 0 Å². The molecule has 0 radical (unpaired) electrons. The molecule has 3 nitrogen and oxygen atoms in total. The maximum Gasteiger partial charge on any atom is 0.164 e. The van der Waals surface area contributed by atoms with E-state index in [-0.39, 0.29) is 5.41 Å². The third kappa shape index (κ3) is 4.70. The maximum absolute atomic E-state index is 5.14. The van der Waals surface area contributed by atoms with Gasteiger partial charge in [0, 0.05) is 22.1 Å². The summed E-state index contributed by atoms with van der Waals surface area (Å²) in [7, 11) is 0. The van der Waals surface area contributed by atoms with Gasteiger partial charge in [-0.1, -0.05) is 158 Å². The zero-order valence-electron chi connectivity index (χ0n) is 26.1. The van der Waals surface area contributed by atoms with Crippen LogP contribution in [-0.4, -0.2) is 15.0 Å². The Bertz CT molecular complexity index is 2230. The Kier molecular flexibility index (Phi) is 6.64. The number of fused-ring (bicyclic) bond motifs is 5. The van der Waals surface area contributed by atoms with Crippen molar-refractivity contribution in [2.24, 2.45) is 0 Å². The fourth-order valence-electron chi connectivity index (χ4n) is 7.85. The molecule has 0 atom stereocenters. The van der Waals surface area contributed by atoms with Crippen molar-refractivity contribution in [3.8, 4) is 67.5 Å². The van der Waals surface area contributed by atoms with E-state index in [1.165, 1.54) is 59.1 Å². The van der Waals surface area contributed by atoms with E-state index in [0.717, 1.165) is 27.8 Å². The first-order chi connectivity index (χ1) is 23.3. The molecule has 0 unspecified atom stereocenters. The first-order valence-corrected chi connectivity index (χ1v) is 16.6. The standard InChI is InChI=1S/C44H33N3/c1-3-13-30(14-4-1)31-21-23-33(24-22-31)42-45-41(32-15-5-2-6-16-32)46-43(47-42)38-19-8-7-17-35(38)34-25-26-37-36-18-9-10-20-39(36)44(40(37)29-34)27-11-12-28-44/h1-10,13-26,29H,11-12,27-28H2.